The van der Waals surface area contributed by atoms with E-state index >= 15 is 0 Å². The summed E-state index contributed by atoms with van der Waals surface area (Å²) in [7, 11) is 0. The molecule has 5 heteroatoms. The summed E-state index contributed by atoms with van der Waals surface area (Å²) in [6, 6.07) is 10.3. The SMILES string of the molecule is CCc1cccc(NC(=O)c2ccc(C(=O)O)nc2)c1. The molecular weight excluding hydrogens is 256 g/mol. The van der Waals surface area contributed by atoms with Crippen molar-refractivity contribution >= 4 is 17.6 Å². The van der Waals surface area contributed by atoms with Gasteiger partial charge in [0.15, 0.2) is 0 Å². The molecule has 1 aromatic carbocycles. The molecule has 102 valence electrons. The van der Waals surface area contributed by atoms with Crippen molar-refractivity contribution < 1.29 is 14.7 Å². The lowest BCUT2D eigenvalue weighted by Crippen LogP contribution is -2.13. The van der Waals surface area contributed by atoms with Gasteiger partial charge in [0.25, 0.3) is 5.91 Å². The first-order valence-corrected chi connectivity index (χ1v) is 6.20. The Morgan fingerprint density at radius 3 is 2.65 bits per heavy atom. The van der Waals surface area contributed by atoms with Crippen molar-refractivity contribution in [1.29, 1.82) is 0 Å². The van der Waals surface area contributed by atoms with Crippen molar-refractivity contribution in [2.24, 2.45) is 0 Å². The van der Waals surface area contributed by atoms with Crippen LogP contribution in [0.5, 0.6) is 0 Å². The number of carboxylic acids is 1. The van der Waals surface area contributed by atoms with Crippen LogP contribution in [0.2, 0.25) is 0 Å². The van der Waals surface area contributed by atoms with Crippen molar-refractivity contribution in [2.45, 2.75) is 13.3 Å². The number of carboxylic acid groups (broad SMARTS) is 1. The highest BCUT2D eigenvalue weighted by Crippen LogP contribution is 2.12. The third kappa shape index (κ3) is 3.20. The number of carbonyl (C=O) groups excluding carboxylic acids is 1. The molecule has 0 aliphatic rings. The minimum atomic E-state index is -1.12. The van der Waals surface area contributed by atoms with Crippen LogP contribution in [0.15, 0.2) is 42.6 Å². The van der Waals surface area contributed by atoms with Gasteiger partial charge < -0.3 is 10.4 Å². The standard InChI is InChI=1S/C15H14N2O3/c1-2-10-4-3-5-12(8-10)17-14(18)11-6-7-13(15(19)20)16-9-11/h3-9H,2H2,1H3,(H,17,18)(H,19,20). The largest absolute Gasteiger partial charge is 0.477 e. The predicted molar refractivity (Wildman–Crippen MR) is 75.0 cm³/mol. The number of benzene rings is 1. The molecule has 0 fully saturated rings. The summed E-state index contributed by atoms with van der Waals surface area (Å²) >= 11 is 0. The molecule has 20 heavy (non-hydrogen) atoms. The van der Waals surface area contributed by atoms with Crippen LogP contribution in [0.4, 0.5) is 5.69 Å². The number of carbonyl (C=O) groups is 2. The number of pyridine rings is 1. The van der Waals surface area contributed by atoms with Crippen molar-refractivity contribution in [2.75, 3.05) is 5.32 Å². The summed E-state index contributed by atoms with van der Waals surface area (Å²) in [6.07, 6.45) is 2.14. The van der Waals surface area contributed by atoms with Crippen LogP contribution in [0.25, 0.3) is 0 Å². The average molecular weight is 270 g/mol. The zero-order chi connectivity index (χ0) is 14.5. The third-order valence-corrected chi connectivity index (χ3v) is 2.84. The predicted octanol–water partition coefficient (Wildman–Crippen LogP) is 2.59. The summed E-state index contributed by atoms with van der Waals surface area (Å²) < 4.78 is 0. The first-order valence-electron chi connectivity index (χ1n) is 6.20. The quantitative estimate of drug-likeness (QED) is 0.895. The van der Waals surface area contributed by atoms with Crippen LogP contribution >= 0.6 is 0 Å². The van der Waals surface area contributed by atoms with Gasteiger partial charge in [-0.1, -0.05) is 19.1 Å². The third-order valence-electron chi connectivity index (χ3n) is 2.84. The van der Waals surface area contributed by atoms with E-state index in [4.69, 9.17) is 5.11 Å². The Kier molecular flexibility index (Phi) is 4.10. The monoisotopic (exact) mass is 270 g/mol. The number of hydrogen-bond donors (Lipinski definition) is 2. The molecule has 1 heterocycles. The van der Waals surface area contributed by atoms with Crippen LogP contribution in [0, 0.1) is 0 Å². The van der Waals surface area contributed by atoms with E-state index in [-0.39, 0.29) is 11.6 Å². The summed E-state index contributed by atoms with van der Waals surface area (Å²) in [5.74, 6) is -1.43. The fraction of sp³-hybridized carbons (Fsp3) is 0.133. The van der Waals surface area contributed by atoms with Gasteiger partial charge in [-0.3, -0.25) is 4.79 Å². The zero-order valence-electron chi connectivity index (χ0n) is 11.0. The van der Waals surface area contributed by atoms with Crippen LogP contribution < -0.4 is 5.32 Å². The molecule has 0 bridgehead atoms. The summed E-state index contributed by atoms with van der Waals surface area (Å²) in [4.78, 5) is 26.4. The molecule has 0 spiro atoms. The Labute approximate surface area is 116 Å². The van der Waals surface area contributed by atoms with E-state index < -0.39 is 5.97 Å². The molecular formula is C15H14N2O3. The van der Waals surface area contributed by atoms with E-state index in [1.165, 1.54) is 18.3 Å². The average Bonchev–Trinajstić information content (AvgIpc) is 2.47. The summed E-state index contributed by atoms with van der Waals surface area (Å²) in [5, 5.41) is 11.5. The van der Waals surface area contributed by atoms with Crippen molar-refractivity contribution in [1.82, 2.24) is 4.98 Å². The highest BCUT2D eigenvalue weighted by atomic mass is 16.4. The number of nitrogens with zero attached hydrogens (tertiary/aromatic N) is 1. The molecule has 5 nitrogen and oxygen atoms in total. The van der Waals surface area contributed by atoms with Crippen molar-refractivity contribution in [3.63, 3.8) is 0 Å². The highest BCUT2D eigenvalue weighted by Gasteiger charge is 2.09. The van der Waals surface area contributed by atoms with Crippen LogP contribution in [-0.4, -0.2) is 22.0 Å². The lowest BCUT2D eigenvalue weighted by Gasteiger charge is -2.06. The number of nitrogens with one attached hydrogen (secondary N) is 1. The zero-order valence-corrected chi connectivity index (χ0v) is 11.0. The van der Waals surface area contributed by atoms with E-state index in [0.717, 1.165) is 12.0 Å². The molecule has 2 rings (SSSR count). The second-order valence-corrected chi connectivity index (χ2v) is 4.25. The topological polar surface area (TPSA) is 79.3 Å². The minimum Gasteiger partial charge on any atom is -0.477 e. The van der Waals surface area contributed by atoms with Gasteiger partial charge >= 0.3 is 5.97 Å². The Balaban J connectivity index is 2.13. The first kappa shape index (κ1) is 13.7. The normalized spacial score (nSPS) is 10.1. The summed E-state index contributed by atoms with van der Waals surface area (Å²) in [5.41, 5.74) is 2.06. The molecule has 2 N–H and O–H groups in total. The van der Waals surface area contributed by atoms with Crippen LogP contribution in [0.3, 0.4) is 0 Å². The lowest BCUT2D eigenvalue weighted by molar-refractivity contribution is 0.0690. The van der Waals surface area contributed by atoms with E-state index in [1.807, 2.05) is 25.1 Å². The number of amides is 1. The maximum atomic E-state index is 12.0. The van der Waals surface area contributed by atoms with Gasteiger partial charge in [0, 0.05) is 11.9 Å². The van der Waals surface area contributed by atoms with Gasteiger partial charge in [0.05, 0.1) is 5.56 Å². The number of hydrogen-bond acceptors (Lipinski definition) is 3. The second-order valence-electron chi connectivity index (χ2n) is 4.25. The number of aromatic nitrogens is 1. The molecule has 2 aromatic rings. The van der Waals surface area contributed by atoms with E-state index in [1.54, 1.807) is 6.07 Å². The van der Waals surface area contributed by atoms with Crippen molar-refractivity contribution in [3.8, 4) is 0 Å². The van der Waals surface area contributed by atoms with E-state index in [9.17, 15) is 9.59 Å². The first-order chi connectivity index (χ1) is 9.60. The molecule has 0 aliphatic heterocycles. The molecule has 1 aromatic heterocycles. The Morgan fingerprint density at radius 2 is 2.05 bits per heavy atom. The Hall–Kier alpha value is -2.69. The second kappa shape index (κ2) is 5.97. The van der Waals surface area contributed by atoms with Gasteiger partial charge in [0.1, 0.15) is 5.69 Å². The van der Waals surface area contributed by atoms with E-state index in [0.29, 0.717) is 11.3 Å². The molecule has 0 saturated heterocycles. The van der Waals surface area contributed by atoms with Gasteiger partial charge in [-0.2, -0.15) is 0 Å². The highest BCUT2D eigenvalue weighted by molar-refractivity contribution is 6.04. The lowest BCUT2D eigenvalue weighted by atomic mass is 10.1. The number of aryl methyl sites for hydroxylation is 1. The van der Waals surface area contributed by atoms with Gasteiger partial charge in [-0.05, 0) is 36.2 Å². The number of aromatic carboxylic acids is 1. The minimum absolute atomic E-state index is 0.0884. The molecule has 0 aliphatic carbocycles. The molecule has 0 saturated carbocycles. The van der Waals surface area contributed by atoms with Gasteiger partial charge in [0.2, 0.25) is 0 Å². The van der Waals surface area contributed by atoms with Crippen LogP contribution in [-0.2, 0) is 6.42 Å². The summed E-state index contributed by atoms with van der Waals surface area (Å²) in [6.45, 7) is 2.04. The number of anilines is 1. The fourth-order valence-corrected chi connectivity index (χ4v) is 1.73. The molecule has 0 unspecified atom stereocenters. The molecule has 0 radical (unpaired) electrons. The maximum absolute atomic E-state index is 12.0. The molecule has 1 amide bonds. The van der Waals surface area contributed by atoms with Gasteiger partial charge in [-0.15, -0.1) is 0 Å². The Morgan fingerprint density at radius 1 is 1.25 bits per heavy atom. The molecule has 0 atom stereocenters. The van der Waals surface area contributed by atoms with E-state index in [2.05, 4.69) is 10.3 Å². The maximum Gasteiger partial charge on any atom is 0.354 e. The Bertz CT molecular complexity index is 636. The van der Waals surface area contributed by atoms with Gasteiger partial charge in [-0.25, -0.2) is 9.78 Å². The fourth-order valence-electron chi connectivity index (χ4n) is 1.73. The van der Waals surface area contributed by atoms with Crippen molar-refractivity contribution in [3.05, 3.63) is 59.4 Å². The smallest absolute Gasteiger partial charge is 0.354 e. The van der Waals surface area contributed by atoms with Crippen LogP contribution in [0.1, 0.15) is 33.3 Å². The number of rotatable bonds is 4.